The molecular weight excluding hydrogens is 472 g/mol. The summed E-state index contributed by atoms with van der Waals surface area (Å²) in [7, 11) is -2.52. The Kier molecular flexibility index (Phi) is 7.66. The highest BCUT2D eigenvalue weighted by atomic mass is 32.2. The fraction of sp³-hybridized carbons (Fsp3) is 0.400. The lowest BCUT2D eigenvalue weighted by molar-refractivity contribution is 0.0605. The van der Waals surface area contributed by atoms with Gasteiger partial charge in [-0.25, -0.2) is 23.0 Å². The number of esters is 1. The van der Waals surface area contributed by atoms with E-state index < -0.39 is 28.0 Å². The normalized spacial score (nSPS) is 14.6. The molecule has 3 rings (SSSR count). The van der Waals surface area contributed by atoms with Crippen molar-refractivity contribution in [2.24, 2.45) is 0 Å². The Morgan fingerprint density at radius 3 is 2.33 bits per heavy atom. The molecule has 0 saturated carbocycles. The van der Waals surface area contributed by atoms with Crippen LogP contribution in [0.25, 0.3) is 0 Å². The lowest BCUT2D eigenvalue weighted by Crippen LogP contribution is -2.50. The maximum atomic E-state index is 12.9. The number of rotatable bonds is 6. The molecule has 2 amide bonds. The number of aryl methyl sites for hydroxylation is 1. The fourth-order valence-corrected chi connectivity index (χ4v) is 5.46. The summed E-state index contributed by atoms with van der Waals surface area (Å²) in [6.07, 6.45) is -0.459. The summed E-state index contributed by atoms with van der Waals surface area (Å²) >= 11 is 0.989. The van der Waals surface area contributed by atoms with Gasteiger partial charge < -0.3 is 14.4 Å². The zero-order valence-corrected chi connectivity index (χ0v) is 20.0. The zero-order valence-electron chi connectivity index (χ0n) is 18.4. The highest BCUT2D eigenvalue weighted by molar-refractivity contribution is 7.89. The smallest absolute Gasteiger partial charge is 0.409 e. The Labute approximate surface area is 195 Å². The summed E-state index contributed by atoms with van der Waals surface area (Å²) in [6, 6.07) is 5.52. The van der Waals surface area contributed by atoms with E-state index in [9.17, 15) is 22.8 Å². The first-order valence-electron chi connectivity index (χ1n) is 10.1. The molecule has 1 saturated heterocycles. The van der Waals surface area contributed by atoms with Gasteiger partial charge in [-0.15, -0.1) is 0 Å². The van der Waals surface area contributed by atoms with Gasteiger partial charge in [0.1, 0.15) is 4.88 Å². The third kappa shape index (κ3) is 5.49. The Morgan fingerprint density at radius 2 is 1.76 bits per heavy atom. The number of aromatic nitrogens is 1. The van der Waals surface area contributed by atoms with Crippen molar-refractivity contribution in [3.63, 3.8) is 0 Å². The summed E-state index contributed by atoms with van der Waals surface area (Å²) in [5.41, 5.74) is 0.667. The molecule has 0 unspecified atom stereocenters. The highest BCUT2D eigenvalue weighted by Gasteiger charge is 2.30. The third-order valence-corrected chi connectivity index (χ3v) is 7.87. The molecule has 0 radical (unpaired) electrons. The van der Waals surface area contributed by atoms with Gasteiger partial charge in [0.2, 0.25) is 10.0 Å². The molecule has 0 spiro atoms. The minimum Gasteiger partial charge on any atom is -0.465 e. The molecule has 2 aromatic rings. The molecule has 1 aromatic carbocycles. The van der Waals surface area contributed by atoms with Gasteiger partial charge in [-0.05, 0) is 38.1 Å². The van der Waals surface area contributed by atoms with E-state index in [1.54, 1.807) is 13.8 Å². The maximum absolute atomic E-state index is 12.9. The maximum Gasteiger partial charge on any atom is 0.409 e. The molecule has 1 aliphatic rings. The molecule has 1 N–H and O–H groups in total. The number of thiazole rings is 1. The van der Waals surface area contributed by atoms with Gasteiger partial charge in [0.05, 0.1) is 24.3 Å². The molecule has 0 bridgehead atoms. The van der Waals surface area contributed by atoms with Crippen LogP contribution in [0.15, 0.2) is 29.2 Å². The van der Waals surface area contributed by atoms with Crippen molar-refractivity contribution in [2.45, 2.75) is 18.7 Å². The number of hydrogen-bond donors (Lipinski definition) is 1. The van der Waals surface area contributed by atoms with E-state index in [2.05, 4.69) is 15.0 Å². The number of carbonyl (C=O) groups excluding carboxylic acids is 3. The van der Waals surface area contributed by atoms with E-state index in [0.717, 1.165) is 11.3 Å². The Balaban J connectivity index is 1.65. The second-order valence-corrected chi connectivity index (χ2v) is 9.93. The SMILES string of the molecule is CCOC(=O)N1CCN(S(=O)(=O)c2ccc(C(=O)Nc3nc(C)c(C(=O)OC)s3)cc2)CC1. The van der Waals surface area contributed by atoms with E-state index in [-0.39, 0.29) is 53.3 Å². The van der Waals surface area contributed by atoms with E-state index in [1.165, 1.54) is 40.6 Å². The van der Waals surface area contributed by atoms with Crippen molar-refractivity contribution in [3.05, 3.63) is 40.4 Å². The third-order valence-electron chi connectivity index (χ3n) is 4.91. The number of methoxy groups -OCH3 is 1. The largest absolute Gasteiger partial charge is 0.465 e. The van der Waals surface area contributed by atoms with E-state index >= 15 is 0 Å². The number of piperazine rings is 1. The van der Waals surface area contributed by atoms with Crippen LogP contribution >= 0.6 is 11.3 Å². The quantitative estimate of drug-likeness (QED) is 0.600. The zero-order chi connectivity index (χ0) is 24.2. The molecule has 0 atom stereocenters. The summed E-state index contributed by atoms with van der Waals surface area (Å²) < 4.78 is 36.8. The van der Waals surface area contributed by atoms with Crippen LogP contribution in [0.1, 0.15) is 32.6 Å². The predicted octanol–water partition coefficient (Wildman–Crippen LogP) is 1.95. The number of hydrogen-bond acceptors (Lipinski definition) is 9. The van der Waals surface area contributed by atoms with Gasteiger partial charge >= 0.3 is 12.1 Å². The second kappa shape index (κ2) is 10.3. The molecule has 1 aromatic heterocycles. The van der Waals surface area contributed by atoms with Gasteiger partial charge in [-0.3, -0.25) is 10.1 Å². The molecule has 13 heteroatoms. The van der Waals surface area contributed by atoms with E-state index in [0.29, 0.717) is 5.69 Å². The van der Waals surface area contributed by atoms with Crippen molar-refractivity contribution in [1.29, 1.82) is 0 Å². The van der Waals surface area contributed by atoms with Crippen LogP contribution < -0.4 is 5.32 Å². The van der Waals surface area contributed by atoms with E-state index in [4.69, 9.17) is 4.74 Å². The van der Waals surface area contributed by atoms with Gasteiger partial charge in [-0.2, -0.15) is 4.31 Å². The summed E-state index contributed by atoms with van der Waals surface area (Å²) in [5.74, 6) is -1.03. The number of nitrogens with one attached hydrogen (secondary N) is 1. The van der Waals surface area contributed by atoms with Gasteiger partial charge in [0.15, 0.2) is 5.13 Å². The minimum atomic E-state index is -3.78. The highest BCUT2D eigenvalue weighted by Crippen LogP contribution is 2.24. The lowest BCUT2D eigenvalue weighted by atomic mass is 10.2. The molecular formula is C20H24N4O7S2. The van der Waals surface area contributed by atoms with Gasteiger partial charge in [0.25, 0.3) is 5.91 Å². The molecule has 1 aliphatic heterocycles. The van der Waals surface area contributed by atoms with Crippen molar-refractivity contribution in [1.82, 2.24) is 14.2 Å². The second-order valence-electron chi connectivity index (χ2n) is 6.99. The first-order valence-corrected chi connectivity index (χ1v) is 12.3. The van der Waals surface area contributed by atoms with Crippen LogP contribution in [-0.4, -0.2) is 80.5 Å². The number of carbonyl (C=O) groups is 3. The monoisotopic (exact) mass is 496 g/mol. The Morgan fingerprint density at radius 1 is 1.12 bits per heavy atom. The summed E-state index contributed by atoms with van der Waals surface area (Å²) in [6.45, 7) is 4.36. The number of anilines is 1. The van der Waals surface area contributed by atoms with Crippen LogP contribution in [-0.2, 0) is 19.5 Å². The van der Waals surface area contributed by atoms with Crippen molar-refractivity contribution in [2.75, 3.05) is 45.2 Å². The average Bonchev–Trinajstić information content (AvgIpc) is 3.18. The topological polar surface area (TPSA) is 135 Å². The number of amides is 2. The predicted molar refractivity (Wildman–Crippen MR) is 120 cm³/mol. The first-order chi connectivity index (χ1) is 15.7. The average molecular weight is 497 g/mol. The van der Waals surface area contributed by atoms with Crippen molar-refractivity contribution < 1.29 is 32.3 Å². The lowest BCUT2D eigenvalue weighted by Gasteiger charge is -2.33. The van der Waals surface area contributed by atoms with Crippen LogP contribution in [0, 0.1) is 6.92 Å². The molecule has 33 heavy (non-hydrogen) atoms. The van der Waals surface area contributed by atoms with Crippen LogP contribution in [0.4, 0.5) is 9.93 Å². The standard InChI is InChI=1S/C20H24N4O7S2/c1-4-31-20(27)23-9-11-24(12-10-23)33(28,29)15-7-5-14(6-8-15)17(25)22-19-21-13(2)16(32-19)18(26)30-3/h5-8H,4,9-12H2,1-3H3,(H,21,22,25). The fourth-order valence-electron chi connectivity index (χ4n) is 3.15. The van der Waals surface area contributed by atoms with Gasteiger partial charge in [0, 0.05) is 31.7 Å². The first kappa shape index (κ1) is 24.6. The molecule has 2 heterocycles. The number of benzene rings is 1. The van der Waals surface area contributed by atoms with Crippen molar-refractivity contribution >= 4 is 44.5 Å². The number of nitrogens with zero attached hydrogens (tertiary/aromatic N) is 3. The molecule has 11 nitrogen and oxygen atoms in total. The Hall–Kier alpha value is -3.03. The van der Waals surface area contributed by atoms with E-state index in [1.807, 2.05) is 0 Å². The minimum absolute atomic E-state index is 0.0432. The van der Waals surface area contributed by atoms with Crippen LogP contribution in [0.2, 0.25) is 0 Å². The van der Waals surface area contributed by atoms with Crippen LogP contribution in [0.3, 0.4) is 0 Å². The molecule has 0 aliphatic carbocycles. The summed E-state index contributed by atoms with van der Waals surface area (Å²) in [5, 5.41) is 2.83. The van der Waals surface area contributed by atoms with Gasteiger partial charge in [-0.1, -0.05) is 11.3 Å². The van der Waals surface area contributed by atoms with Crippen LogP contribution in [0.5, 0.6) is 0 Å². The molecule has 178 valence electrons. The number of ether oxygens (including phenoxy) is 2. The summed E-state index contributed by atoms with van der Waals surface area (Å²) in [4.78, 5) is 42.0. The molecule has 1 fully saturated rings. The number of sulfonamides is 1. The Bertz CT molecular complexity index is 1140. The van der Waals surface area contributed by atoms with Crippen molar-refractivity contribution in [3.8, 4) is 0 Å².